The summed E-state index contributed by atoms with van der Waals surface area (Å²) in [4.78, 5) is 19.8. The minimum absolute atomic E-state index is 0.0515. The summed E-state index contributed by atoms with van der Waals surface area (Å²) in [6, 6.07) is 16.2. The fourth-order valence-electron chi connectivity index (χ4n) is 2.95. The SMILES string of the molecule is CN(Cc1ccccc1)C(=O)Cc1csc2nc(-c3ccc(F)cc3)cn12. The Morgan fingerprint density at radius 3 is 2.63 bits per heavy atom. The van der Waals surface area contributed by atoms with E-state index in [1.165, 1.54) is 23.5 Å². The summed E-state index contributed by atoms with van der Waals surface area (Å²) in [5.74, 6) is -0.219. The van der Waals surface area contributed by atoms with Crippen LogP contribution in [0, 0.1) is 5.82 Å². The first-order chi connectivity index (χ1) is 13.1. The van der Waals surface area contributed by atoms with Crippen molar-refractivity contribution in [2.75, 3.05) is 7.05 Å². The van der Waals surface area contributed by atoms with E-state index in [0.717, 1.165) is 27.5 Å². The zero-order valence-electron chi connectivity index (χ0n) is 14.8. The lowest BCUT2D eigenvalue weighted by molar-refractivity contribution is -0.129. The minimum atomic E-state index is -0.271. The number of nitrogens with zero attached hydrogens (tertiary/aromatic N) is 3. The van der Waals surface area contributed by atoms with E-state index in [1.54, 1.807) is 17.0 Å². The molecule has 0 bridgehead atoms. The van der Waals surface area contributed by atoms with Crippen LogP contribution in [0.2, 0.25) is 0 Å². The minimum Gasteiger partial charge on any atom is -0.341 e. The number of carbonyl (C=O) groups is 1. The molecular formula is C21H18FN3OS. The van der Waals surface area contributed by atoms with Crippen molar-refractivity contribution in [3.05, 3.63) is 83.2 Å². The monoisotopic (exact) mass is 379 g/mol. The molecule has 0 spiro atoms. The molecule has 4 nitrogen and oxygen atoms in total. The molecule has 0 saturated carbocycles. The molecule has 0 fully saturated rings. The van der Waals surface area contributed by atoms with Crippen molar-refractivity contribution in [2.45, 2.75) is 13.0 Å². The maximum absolute atomic E-state index is 13.1. The molecule has 27 heavy (non-hydrogen) atoms. The van der Waals surface area contributed by atoms with E-state index < -0.39 is 0 Å². The van der Waals surface area contributed by atoms with Gasteiger partial charge in [0.1, 0.15) is 5.82 Å². The van der Waals surface area contributed by atoms with Gasteiger partial charge in [0.15, 0.2) is 4.96 Å². The number of likely N-dealkylation sites (N-methyl/N-ethyl adjacent to an activating group) is 1. The fourth-order valence-corrected chi connectivity index (χ4v) is 3.82. The second-order valence-electron chi connectivity index (χ2n) is 6.42. The third kappa shape index (κ3) is 3.75. The molecule has 2 aromatic heterocycles. The Morgan fingerprint density at radius 2 is 1.89 bits per heavy atom. The highest BCUT2D eigenvalue weighted by molar-refractivity contribution is 7.15. The number of benzene rings is 2. The predicted molar refractivity (Wildman–Crippen MR) is 105 cm³/mol. The predicted octanol–water partition coefficient (Wildman–Crippen LogP) is 4.40. The van der Waals surface area contributed by atoms with Gasteiger partial charge in [-0.25, -0.2) is 9.37 Å². The molecule has 0 saturated heterocycles. The normalized spacial score (nSPS) is 11.0. The first-order valence-corrected chi connectivity index (χ1v) is 9.47. The van der Waals surface area contributed by atoms with Crippen LogP contribution >= 0.6 is 11.3 Å². The lowest BCUT2D eigenvalue weighted by Crippen LogP contribution is -2.28. The van der Waals surface area contributed by atoms with Crippen LogP contribution in [-0.4, -0.2) is 27.2 Å². The van der Waals surface area contributed by atoms with E-state index in [-0.39, 0.29) is 11.7 Å². The highest BCUT2D eigenvalue weighted by Crippen LogP contribution is 2.24. The quantitative estimate of drug-likeness (QED) is 0.515. The summed E-state index contributed by atoms with van der Waals surface area (Å²) in [5.41, 5.74) is 3.63. The Labute approximate surface area is 160 Å². The van der Waals surface area contributed by atoms with Crippen LogP contribution in [0.25, 0.3) is 16.2 Å². The zero-order chi connectivity index (χ0) is 18.8. The second-order valence-corrected chi connectivity index (χ2v) is 7.26. The average Bonchev–Trinajstić information content (AvgIpc) is 3.25. The first kappa shape index (κ1) is 17.4. The van der Waals surface area contributed by atoms with E-state index in [4.69, 9.17) is 0 Å². The lowest BCUT2D eigenvalue weighted by Gasteiger charge is -2.17. The van der Waals surface area contributed by atoms with Gasteiger partial charge in [0.2, 0.25) is 5.91 Å². The van der Waals surface area contributed by atoms with E-state index in [2.05, 4.69) is 4.98 Å². The fraction of sp³-hybridized carbons (Fsp3) is 0.143. The van der Waals surface area contributed by atoms with Crippen molar-refractivity contribution >= 4 is 22.2 Å². The molecule has 6 heteroatoms. The number of thiazole rings is 1. The van der Waals surface area contributed by atoms with Crippen molar-refractivity contribution in [2.24, 2.45) is 0 Å². The van der Waals surface area contributed by atoms with Gasteiger partial charge in [-0.05, 0) is 29.8 Å². The standard InChI is InChI=1S/C21H18FN3OS/c1-24(12-15-5-3-2-4-6-15)20(26)11-18-14-27-21-23-19(13-25(18)21)16-7-9-17(22)10-8-16/h2-10,13-14H,11-12H2,1H3. The molecule has 0 atom stereocenters. The van der Waals surface area contributed by atoms with Gasteiger partial charge in [0.25, 0.3) is 0 Å². The Morgan fingerprint density at radius 1 is 1.15 bits per heavy atom. The van der Waals surface area contributed by atoms with Gasteiger partial charge in [-0.1, -0.05) is 30.3 Å². The second kappa shape index (κ2) is 7.32. The number of hydrogen-bond donors (Lipinski definition) is 0. The van der Waals surface area contributed by atoms with Crippen molar-refractivity contribution < 1.29 is 9.18 Å². The molecule has 0 aliphatic rings. The largest absolute Gasteiger partial charge is 0.341 e. The highest BCUT2D eigenvalue weighted by Gasteiger charge is 2.15. The van der Waals surface area contributed by atoms with Gasteiger partial charge >= 0.3 is 0 Å². The molecule has 4 aromatic rings. The molecule has 0 aliphatic carbocycles. The molecule has 0 radical (unpaired) electrons. The molecule has 0 aliphatic heterocycles. The van der Waals surface area contributed by atoms with Crippen molar-refractivity contribution in [3.63, 3.8) is 0 Å². The average molecular weight is 379 g/mol. The Kier molecular flexibility index (Phi) is 4.73. The van der Waals surface area contributed by atoms with Crippen molar-refractivity contribution in [1.82, 2.24) is 14.3 Å². The summed E-state index contributed by atoms with van der Waals surface area (Å²) in [6.07, 6.45) is 2.21. The van der Waals surface area contributed by atoms with Crippen molar-refractivity contribution in [1.29, 1.82) is 0 Å². The maximum atomic E-state index is 13.1. The molecular weight excluding hydrogens is 361 g/mol. The van der Waals surface area contributed by atoms with Gasteiger partial charge in [-0.3, -0.25) is 9.20 Å². The summed E-state index contributed by atoms with van der Waals surface area (Å²) < 4.78 is 15.1. The Balaban J connectivity index is 1.52. The van der Waals surface area contributed by atoms with E-state index >= 15 is 0 Å². The van der Waals surface area contributed by atoms with Gasteiger partial charge in [0, 0.05) is 36.4 Å². The van der Waals surface area contributed by atoms with Crippen LogP contribution in [0.1, 0.15) is 11.3 Å². The van der Waals surface area contributed by atoms with Crippen molar-refractivity contribution in [3.8, 4) is 11.3 Å². The van der Waals surface area contributed by atoms with E-state index in [9.17, 15) is 9.18 Å². The number of hydrogen-bond acceptors (Lipinski definition) is 3. The van der Waals surface area contributed by atoms with Gasteiger partial charge in [-0.15, -0.1) is 11.3 Å². The number of amides is 1. The Bertz CT molecular complexity index is 1070. The number of aromatic nitrogens is 2. The maximum Gasteiger partial charge on any atom is 0.228 e. The molecule has 2 heterocycles. The first-order valence-electron chi connectivity index (χ1n) is 8.59. The van der Waals surface area contributed by atoms with Crippen LogP contribution in [0.4, 0.5) is 4.39 Å². The summed E-state index contributed by atoms with van der Waals surface area (Å²) >= 11 is 1.50. The number of imidazole rings is 1. The van der Waals surface area contributed by atoms with Crippen LogP contribution in [0.15, 0.2) is 66.2 Å². The summed E-state index contributed by atoms with van der Waals surface area (Å²) in [7, 11) is 1.82. The summed E-state index contributed by atoms with van der Waals surface area (Å²) in [6.45, 7) is 0.581. The topological polar surface area (TPSA) is 37.6 Å². The number of carbonyl (C=O) groups excluding carboxylic acids is 1. The lowest BCUT2D eigenvalue weighted by atomic mass is 10.2. The number of fused-ring (bicyclic) bond motifs is 1. The van der Waals surface area contributed by atoms with Gasteiger partial charge in [-0.2, -0.15) is 0 Å². The van der Waals surface area contributed by atoms with E-state index in [0.29, 0.717) is 13.0 Å². The third-order valence-corrected chi connectivity index (χ3v) is 5.33. The highest BCUT2D eigenvalue weighted by atomic mass is 32.1. The van der Waals surface area contributed by atoms with Crippen LogP contribution in [0.3, 0.4) is 0 Å². The zero-order valence-corrected chi connectivity index (χ0v) is 15.6. The molecule has 2 aromatic carbocycles. The molecule has 136 valence electrons. The van der Waals surface area contributed by atoms with Crippen LogP contribution < -0.4 is 0 Å². The molecule has 1 amide bonds. The van der Waals surface area contributed by atoms with E-state index in [1.807, 2.05) is 53.4 Å². The summed E-state index contributed by atoms with van der Waals surface area (Å²) in [5, 5.41) is 1.96. The molecule has 4 rings (SSSR count). The molecule has 0 N–H and O–H groups in total. The smallest absolute Gasteiger partial charge is 0.228 e. The molecule has 0 unspecified atom stereocenters. The number of rotatable bonds is 5. The number of halogens is 1. The van der Waals surface area contributed by atoms with Crippen LogP contribution in [-0.2, 0) is 17.8 Å². The van der Waals surface area contributed by atoms with Gasteiger partial charge in [0.05, 0.1) is 12.1 Å². The van der Waals surface area contributed by atoms with Crippen LogP contribution in [0.5, 0.6) is 0 Å². The third-order valence-electron chi connectivity index (χ3n) is 4.44. The van der Waals surface area contributed by atoms with Gasteiger partial charge < -0.3 is 4.90 Å². The Hall–Kier alpha value is -2.99.